The standard InChI is InChI=1S/C12H15N3O3S/c13-7-10-2-1-3-12(6-10)19(16,17)15-9-11-8-14-4-5-18-11/h1-3,6,11,14-15H,4-5,8-9H2. The molecule has 0 amide bonds. The molecule has 102 valence electrons. The number of benzene rings is 1. The maximum absolute atomic E-state index is 12.0. The highest BCUT2D eigenvalue weighted by molar-refractivity contribution is 7.89. The molecular weight excluding hydrogens is 266 g/mol. The fourth-order valence-corrected chi connectivity index (χ4v) is 2.88. The van der Waals surface area contributed by atoms with Crippen LogP contribution in [0.2, 0.25) is 0 Å². The van der Waals surface area contributed by atoms with Gasteiger partial charge in [0.25, 0.3) is 0 Å². The summed E-state index contributed by atoms with van der Waals surface area (Å²) in [6.45, 7) is 2.21. The Balaban J connectivity index is 2.03. The van der Waals surface area contributed by atoms with E-state index in [1.807, 2.05) is 6.07 Å². The maximum Gasteiger partial charge on any atom is 0.240 e. The first kappa shape index (κ1) is 14.0. The molecule has 0 saturated carbocycles. The second-order valence-corrected chi connectivity index (χ2v) is 5.96. The summed E-state index contributed by atoms with van der Waals surface area (Å²) in [7, 11) is -3.60. The van der Waals surface area contributed by atoms with Crippen molar-refractivity contribution in [2.75, 3.05) is 26.2 Å². The van der Waals surface area contributed by atoms with Gasteiger partial charge in [-0.3, -0.25) is 0 Å². The van der Waals surface area contributed by atoms with Crippen molar-refractivity contribution in [3.63, 3.8) is 0 Å². The van der Waals surface area contributed by atoms with E-state index in [1.165, 1.54) is 12.1 Å². The molecule has 0 aromatic heterocycles. The molecule has 0 spiro atoms. The number of nitrogens with zero attached hydrogens (tertiary/aromatic N) is 1. The molecule has 1 aromatic carbocycles. The van der Waals surface area contributed by atoms with Crippen molar-refractivity contribution < 1.29 is 13.2 Å². The van der Waals surface area contributed by atoms with Crippen molar-refractivity contribution in [2.24, 2.45) is 0 Å². The molecular formula is C12H15N3O3S. The summed E-state index contributed by atoms with van der Waals surface area (Å²) in [6, 6.07) is 7.84. The molecule has 1 atom stereocenters. The number of sulfonamides is 1. The normalized spacial score (nSPS) is 19.8. The van der Waals surface area contributed by atoms with Crippen molar-refractivity contribution in [3.05, 3.63) is 29.8 Å². The number of nitrogens with one attached hydrogen (secondary N) is 2. The number of ether oxygens (including phenoxy) is 1. The van der Waals surface area contributed by atoms with Crippen molar-refractivity contribution >= 4 is 10.0 Å². The first-order valence-electron chi connectivity index (χ1n) is 5.94. The van der Waals surface area contributed by atoms with Gasteiger partial charge in [-0.15, -0.1) is 0 Å². The summed E-state index contributed by atoms with van der Waals surface area (Å²) in [5.41, 5.74) is 0.318. The minimum atomic E-state index is -3.60. The molecule has 0 radical (unpaired) electrons. The summed E-state index contributed by atoms with van der Waals surface area (Å²) < 4.78 is 32.0. The Morgan fingerprint density at radius 3 is 3.05 bits per heavy atom. The van der Waals surface area contributed by atoms with Gasteiger partial charge in [-0.25, -0.2) is 13.1 Å². The quantitative estimate of drug-likeness (QED) is 0.799. The van der Waals surface area contributed by atoms with Crippen LogP contribution in [-0.4, -0.2) is 40.8 Å². The fraction of sp³-hybridized carbons (Fsp3) is 0.417. The van der Waals surface area contributed by atoms with E-state index in [4.69, 9.17) is 10.00 Å². The third-order valence-electron chi connectivity index (χ3n) is 2.78. The Kier molecular flexibility index (Phi) is 4.50. The number of nitriles is 1. The van der Waals surface area contributed by atoms with Gasteiger partial charge in [-0.2, -0.15) is 5.26 Å². The van der Waals surface area contributed by atoms with Gasteiger partial charge in [0, 0.05) is 19.6 Å². The number of hydrogen-bond donors (Lipinski definition) is 2. The first-order chi connectivity index (χ1) is 9.12. The van der Waals surface area contributed by atoms with E-state index < -0.39 is 10.0 Å². The average molecular weight is 281 g/mol. The van der Waals surface area contributed by atoms with E-state index in [-0.39, 0.29) is 17.5 Å². The van der Waals surface area contributed by atoms with Gasteiger partial charge in [-0.05, 0) is 18.2 Å². The smallest absolute Gasteiger partial charge is 0.240 e. The predicted molar refractivity (Wildman–Crippen MR) is 69.0 cm³/mol. The van der Waals surface area contributed by atoms with Crippen LogP contribution >= 0.6 is 0 Å². The van der Waals surface area contributed by atoms with Gasteiger partial charge in [0.15, 0.2) is 0 Å². The summed E-state index contributed by atoms with van der Waals surface area (Å²) in [6.07, 6.45) is -0.164. The van der Waals surface area contributed by atoms with Crippen LogP contribution in [0.15, 0.2) is 29.2 Å². The molecule has 1 aliphatic heterocycles. The van der Waals surface area contributed by atoms with Crippen LogP contribution in [-0.2, 0) is 14.8 Å². The molecule has 1 heterocycles. The molecule has 6 nitrogen and oxygen atoms in total. The predicted octanol–water partition coefficient (Wildman–Crippen LogP) is -0.175. The van der Waals surface area contributed by atoms with E-state index >= 15 is 0 Å². The lowest BCUT2D eigenvalue weighted by molar-refractivity contribution is 0.0324. The Bertz CT molecular complexity index is 574. The van der Waals surface area contributed by atoms with Crippen LogP contribution in [0.25, 0.3) is 0 Å². The third-order valence-corrected chi connectivity index (χ3v) is 4.20. The van der Waals surface area contributed by atoms with Crippen LogP contribution < -0.4 is 10.0 Å². The Morgan fingerprint density at radius 1 is 1.53 bits per heavy atom. The molecule has 2 N–H and O–H groups in total. The Morgan fingerprint density at radius 2 is 2.37 bits per heavy atom. The molecule has 1 aromatic rings. The lowest BCUT2D eigenvalue weighted by Gasteiger charge is -2.23. The van der Waals surface area contributed by atoms with Crippen LogP contribution in [0, 0.1) is 11.3 Å². The largest absolute Gasteiger partial charge is 0.374 e. The molecule has 0 bridgehead atoms. The van der Waals surface area contributed by atoms with Gasteiger partial charge in [0.1, 0.15) is 0 Å². The summed E-state index contributed by atoms with van der Waals surface area (Å²) >= 11 is 0. The van der Waals surface area contributed by atoms with Crippen LogP contribution in [0.4, 0.5) is 0 Å². The zero-order valence-corrected chi connectivity index (χ0v) is 11.1. The molecule has 0 aliphatic carbocycles. The van der Waals surface area contributed by atoms with Crippen LogP contribution in [0.1, 0.15) is 5.56 Å². The van der Waals surface area contributed by atoms with Gasteiger partial charge in [0.05, 0.1) is 29.2 Å². The molecule has 1 fully saturated rings. The first-order valence-corrected chi connectivity index (χ1v) is 7.42. The minimum Gasteiger partial charge on any atom is -0.374 e. The van der Waals surface area contributed by atoms with E-state index in [0.717, 1.165) is 6.54 Å². The topological polar surface area (TPSA) is 91.2 Å². The maximum atomic E-state index is 12.0. The molecule has 1 unspecified atom stereocenters. The van der Waals surface area contributed by atoms with Crippen LogP contribution in [0.5, 0.6) is 0 Å². The van der Waals surface area contributed by atoms with Gasteiger partial charge in [0.2, 0.25) is 10.0 Å². The lowest BCUT2D eigenvalue weighted by atomic mass is 10.2. The van der Waals surface area contributed by atoms with E-state index in [9.17, 15) is 8.42 Å². The van der Waals surface area contributed by atoms with Crippen molar-refractivity contribution in [1.82, 2.24) is 10.0 Å². The highest BCUT2D eigenvalue weighted by Gasteiger charge is 2.19. The zero-order valence-electron chi connectivity index (χ0n) is 10.3. The minimum absolute atomic E-state index is 0.0929. The van der Waals surface area contributed by atoms with Crippen molar-refractivity contribution in [3.8, 4) is 6.07 Å². The Labute approximate surface area is 112 Å². The second kappa shape index (κ2) is 6.12. The molecule has 2 rings (SSSR count). The zero-order chi connectivity index (χ0) is 13.7. The van der Waals surface area contributed by atoms with Gasteiger partial charge in [-0.1, -0.05) is 6.07 Å². The van der Waals surface area contributed by atoms with Gasteiger partial charge < -0.3 is 10.1 Å². The second-order valence-electron chi connectivity index (χ2n) is 4.19. The molecule has 1 aliphatic rings. The van der Waals surface area contributed by atoms with Crippen molar-refractivity contribution in [1.29, 1.82) is 5.26 Å². The number of rotatable bonds is 4. The lowest BCUT2D eigenvalue weighted by Crippen LogP contribution is -2.45. The van der Waals surface area contributed by atoms with Crippen molar-refractivity contribution in [2.45, 2.75) is 11.0 Å². The monoisotopic (exact) mass is 281 g/mol. The number of morpholine rings is 1. The average Bonchev–Trinajstić information content (AvgIpc) is 2.46. The molecule has 7 heteroatoms. The van der Waals surface area contributed by atoms with E-state index in [1.54, 1.807) is 12.1 Å². The Hall–Kier alpha value is -1.46. The third kappa shape index (κ3) is 3.75. The van der Waals surface area contributed by atoms with E-state index in [0.29, 0.717) is 18.7 Å². The van der Waals surface area contributed by atoms with Gasteiger partial charge >= 0.3 is 0 Å². The number of hydrogen-bond acceptors (Lipinski definition) is 5. The van der Waals surface area contributed by atoms with Crippen LogP contribution in [0.3, 0.4) is 0 Å². The summed E-state index contributed by atoms with van der Waals surface area (Å²) in [5, 5.41) is 11.9. The molecule has 1 saturated heterocycles. The van der Waals surface area contributed by atoms with E-state index in [2.05, 4.69) is 10.0 Å². The summed E-state index contributed by atoms with van der Waals surface area (Å²) in [4.78, 5) is 0.0929. The highest BCUT2D eigenvalue weighted by Crippen LogP contribution is 2.11. The molecule has 19 heavy (non-hydrogen) atoms. The fourth-order valence-electron chi connectivity index (χ4n) is 1.77. The summed E-state index contributed by atoms with van der Waals surface area (Å²) in [5.74, 6) is 0. The SMILES string of the molecule is N#Cc1cccc(S(=O)(=O)NCC2CNCCO2)c1. The highest BCUT2D eigenvalue weighted by atomic mass is 32.2.